The molecule has 0 radical (unpaired) electrons. The Morgan fingerprint density at radius 3 is 2.09 bits per heavy atom. The average molecular weight is 297 g/mol. The lowest BCUT2D eigenvalue weighted by Gasteiger charge is -2.67. The Morgan fingerprint density at radius 2 is 1.50 bits per heavy atom. The van der Waals surface area contributed by atoms with Gasteiger partial charge in [-0.25, -0.2) is 0 Å². The number of fused-ring (bicyclic) bond motifs is 1. The van der Waals surface area contributed by atoms with Gasteiger partial charge in [0.2, 0.25) is 0 Å². The molecule has 0 unspecified atom stereocenters. The third kappa shape index (κ3) is 1.14. The van der Waals surface area contributed by atoms with E-state index in [1.807, 2.05) is 24.3 Å². The molecule has 4 saturated heterocycles. The van der Waals surface area contributed by atoms with Crippen LogP contribution in [0.3, 0.4) is 0 Å². The summed E-state index contributed by atoms with van der Waals surface area (Å²) in [5, 5.41) is 3.05. The van der Waals surface area contributed by atoms with E-state index in [0.717, 1.165) is 11.3 Å². The number of carbonyl (C=O) groups is 2. The summed E-state index contributed by atoms with van der Waals surface area (Å²) in [6, 6.07) is 7.94. The van der Waals surface area contributed by atoms with E-state index in [0.29, 0.717) is 32.0 Å². The summed E-state index contributed by atoms with van der Waals surface area (Å²) in [4.78, 5) is 30.2. The molecule has 22 heavy (non-hydrogen) atoms. The second kappa shape index (κ2) is 3.44. The second-order valence-corrected chi connectivity index (χ2v) is 7.83. The Hall–Kier alpha value is -1.72. The number of nitrogens with one attached hydrogen (secondary N) is 1. The van der Waals surface area contributed by atoms with Crippen LogP contribution < -0.4 is 5.32 Å². The molecule has 1 amide bonds. The third-order valence-electron chi connectivity index (χ3n) is 6.04. The van der Waals surface area contributed by atoms with Gasteiger partial charge in [-0.15, -0.1) is 0 Å². The summed E-state index contributed by atoms with van der Waals surface area (Å²) in [5.74, 6) is 0.404. The lowest BCUT2D eigenvalue weighted by atomic mass is 9.60. The van der Waals surface area contributed by atoms with Crippen LogP contribution >= 0.6 is 0 Å². The van der Waals surface area contributed by atoms with E-state index in [1.165, 1.54) is 0 Å². The summed E-state index contributed by atoms with van der Waals surface area (Å²) >= 11 is 0. The smallest absolute Gasteiger partial charge is 0.264 e. The van der Waals surface area contributed by atoms with E-state index in [9.17, 15) is 9.59 Å². The SMILES string of the molecule is CC12CN3CC(C)(CN(C1)C31C(=O)Nc3ccccc31)C2=O. The molecule has 5 heteroatoms. The van der Waals surface area contributed by atoms with E-state index in [4.69, 9.17) is 0 Å². The number of para-hydroxylation sites is 1. The molecular formula is C17H19N3O2. The minimum absolute atomic E-state index is 0.0344. The van der Waals surface area contributed by atoms with Crippen LogP contribution in [0.5, 0.6) is 0 Å². The fourth-order valence-corrected chi connectivity index (χ4v) is 5.43. The van der Waals surface area contributed by atoms with Gasteiger partial charge in [0.25, 0.3) is 5.91 Å². The van der Waals surface area contributed by atoms with Gasteiger partial charge in [-0.3, -0.25) is 19.4 Å². The van der Waals surface area contributed by atoms with Crippen molar-refractivity contribution in [2.75, 3.05) is 31.5 Å². The van der Waals surface area contributed by atoms with E-state index < -0.39 is 5.66 Å². The first-order valence-corrected chi connectivity index (χ1v) is 7.86. The molecule has 5 aliphatic rings. The molecular weight excluding hydrogens is 278 g/mol. The molecule has 1 N–H and O–H groups in total. The van der Waals surface area contributed by atoms with Crippen LogP contribution in [0.4, 0.5) is 5.69 Å². The van der Waals surface area contributed by atoms with Gasteiger partial charge in [-0.2, -0.15) is 0 Å². The molecule has 1 aromatic rings. The number of rotatable bonds is 0. The Morgan fingerprint density at radius 1 is 0.955 bits per heavy atom. The number of Topliss-reactive ketones (excluding diaryl/α,β-unsaturated/α-hetero) is 1. The van der Waals surface area contributed by atoms with E-state index in [-0.39, 0.29) is 16.7 Å². The van der Waals surface area contributed by atoms with E-state index in [1.54, 1.807) is 0 Å². The molecule has 0 atom stereocenters. The number of anilines is 1. The number of benzene rings is 1. The Kier molecular flexibility index (Phi) is 2.00. The van der Waals surface area contributed by atoms with Gasteiger partial charge >= 0.3 is 0 Å². The molecule has 0 saturated carbocycles. The van der Waals surface area contributed by atoms with Crippen molar-refractivity contribution in [2.24, 2.45) is 10.8 Å². The van der Waals surface area contributed by atoms with Crippen LogP contribution in [-0.2, 0) is 15.3 Å². The molecule has 114 valence electrons. The van der Waals surface area contributed by atoms with Crippen LogP contribution in [0.1, 0.15) is 19.4 Å². The zero-order valence-corrected chi connectivity index (χ0v) is 12.8. The van der Waals surface area contributed by atoms with Crippen molar-refractivity contribution >= 4 is 17.4 Å². The summed E-state index contributed by atoms with van der Waals surface area (Å²) in [5.41, 5.74) is 0.527. The molecule has 1 aromatic carbocycles. The van der Waals surface area contributed by atoms with Gasteiger partial charge in [0.1, 0.15) is 5.78 Å². The van der Waals surface area contributed by atoms with Crippen LogP contribution in [-0.4, -0.2) is 47.7 Å². The summed E-state index contributed by atoms with van der Waals surface area (Å²) < 4.78 is 0. The molecule has 5 nitrogen and oxygen atoms in total. The Bertz CT molecular complexity index is 701. The maximum Gasteiger partial charge on any atom is 0.264 e. The summed E-state index contributed by atoms with van der Waals surface area (Å²) in [7, 11) is 0. The number of nitrogens with zero attached hydrogens (tertiary/aromatic N) is 2. The minimum Gasteiger partial charge on any atom is -0.323 e. The first-order chi connectivity index (χ1) is 10.4. The summed E-state index contributed by atoms with van der Waals surface area (Å²) in [6.45, 7) is 6.77. The number of piperidine rings is 2. The number of ketones is 1. The van der Waals surface area contributed by atoms with Crippen molar-refractivity contribution in [1.29, 1.82) is 0 Å². The Balaban J connectivity index is 1.74. The van der Waals surface area contributed by atoms with Gasteiger partial charge in [0, 0.05) is 37.4 Å². The quantitative estimate of drug-likeness (QED) is 0.777. The lowest BCUT2D eigenvalue weighted by molar-refractivity contribution is -0.227. The first kappa shape index (κ1) is 12.8. The minimum atomic E-state index is -0.712. The molecule has 0 aliphatic carbocycles. The standard InChI is InChI=1S/C17H19N3O2/c1-15-7-19-9-16(2,13(15)21)10-20(8-15)17(19)11-5-3-4-6-12(11)18-14(17)22/h3-6H,7-10H2,1-2H3,(H,18,22). The predicted octanol–water partition coefficient (Wildman–Crippen LogP) is 1.02. The van der Waals surface area contributed by atoms with E-state index >= 15 is 0 Å². The maximum atomic E-state index is 13.0. The van der Waals surface area contributed by atoms with Gasteiger partial charge in [-0.1, -0.05) is 32.0 Å². The molecule has 4 bridgehead atoms. The molecule has 6 rings (SSSR count). The number of hydrogen-bond donors (Lipinski definition) is 1. The van der Waals surface area contributed by atoms with Crippen molar-refractivity contribution in [2.45, 2.75) is 19.5 Å². The Labute approximate surface area is 129 Å². The largest absolute Gasteiger partial charge is 0.323 e. The molecule has 5 heterocycles. The topological polar surface area (TPSA) is 52.6 Å². The van der Waals surface area contributed by atoms with Gasteiger partial charge in [-0.05, 0) is 6.07 Å². The van der Waals surface area contributed by atoms with Crippen LogP contribution in [0.25, 0.3) is 0 Å². The molecule has 4 fully saturated rings. The van der Waals surface area contributed by atoms with Crippen molar-refractivity contribution in [1.82, 2.24) is 9.80 Å². The highest BCUT2D eigenvalue weighted by molar-refractivity contribution is 6.06. The molecule has 1 spiro atoms. The van der Waals surface area contributed by atoms with Crippen LogP contribution in [0, 0.1) is 10.8 Å². The monoisotopic (exact) mass is 297 g/mol. The average Bonchev–Trinajstić information content (AvgIpc) is 2.74. The van der Waals surface area contributed by atoms with E-state index in [2.05, 4.69) is 29.0 Å². The third-order valence-corrected chi connectivity index (χ3v) is 6.04. The van der Waals surface area contributed by atoms with Crippen molar-refractivity contribution in [3.05, 3.63) is 29.8 Å². The fraction of sp³-hybridized carbons (Fsp3) is 0.529. The van der Waals surface area contributed by atoms with Crippen molar-refractivity contribution < 1.29 is 9.59 Å². The predicted molar refractivity (Wildman–Crippen MR) is 81.1 cm³/mol. The number of amides is 1. The zero-order valence-electron chi connectivity index (χ0n) is 12.8. The lowest BCUT2D eigenvalue weighted by Crippen LogP contribution is -2.83. The molecule has 5 aliphatic heterocycles. The zero-order chi connectivity index (χ0) is 15.3. The fourth-order valence-electron chi connectivity index (χ4n) is 5.43. The van der Waals surface area contributed by atoms with Gasteiger partial charge < -0.3 is 5.32 Å². The van der Waals surface area contributed by atoms with Crippen LogP contribution in [0.2, 0.25) is 0 Å². The van der Waals surface area contributed by atoms with Crippen molar-refractivity contribution in [3.8, 4) is 0 Å². The highest BCUT2D eigenvalue weighted by atomic mass is 16.2. The second-order valence-electron chi connectivity index (χ2n) is 7.83. The highest BCUT2D eigenvalue weighted by Crippen LogP contribution is 2.57. The highest BCUT2D eigenvalue weighted by Gasteiger charge is 2.71. The number of carbonyl (C=O) groups excluding carboxylic acids is 2. The molecule has 0 aromatic heterocycles. The van der Waals surface area contributed by atoms with Crippen molar-refractivity contribution in [3.63, 3.8) is 0 Å². The van der Waals surface area contributed by atoms with Gasteiger partial charge in [0.15, 0.2) is 5.66 Å². The number of hydrogen-bond acceptors (Lipinski definition) is 4. The first-order valence-electron chi connectivity index (χ1n) is 7.86. The maximum absolute atomic E-state index is 13.0. The summed E-state index contributed by atoms with van der Waals surface area (Å²) in [6.07, 6.45) is 0. The normalized spacial score (nSPS) is 47.9. The van der Waals surface area contributed by atoms with Gasteiger partial charge in [0.05, 0.1) is 10.8 Å². The van der Waals surface area contributed by atoms with Crippen LogP contribution in [0.15, 0.2) is 24.3 Å².